The van der Waals surface area contributed by atoms with E-state index in [4.69, 9.17) is 4.84 Å². The van der Waals surface area contributed by atoms with E-state index in [0.717, 1.165) is 8.77 Å². The van der Waals surface area contributed by atoms with E-state index in [0.29, 0.717) is 16.8 Å². The molecule has 2 aromatic carbocycles. The number of hydrogen-bond donors (Lipinski definition) is 0. The van der Waals surface area contributed by atoms with E-state index in [1.165, 1.54) is 19.1 Å². The van der Waals surface area contributed by atoms with Crippen LogP contribution in [0.3, 0.4) is 0 Å². The summed E-state index contributed by atoms with van der Waals surface area (Å²) in [4.78, 5) is 17.2. The first-order valence-corrected chi connectivity index (χ1v) is 11.8. The van der Waals surface area contributed by atoms with Crippen LogP contribution < -0.4 is 4.31 Å². The third-order valence-corrected chi connectivity index (χ3v) is 7.86. The second-order valence-electron chi connectivity index (χ2n) is 7.76. The van der Waals surface area contributed by atoms with Crippen LogP contribution in [-0.2, 0) is 31.0 Å². The SMILES string of the molecule is C=C1c2ccccc2N(S(=O)(=O)c2ccccc2)[C@H]1N(OC(C)=O)[S+]([O-])C(C)(C)C. The Morgan fingerprint density at radius 1 is 1.13 bits per heavy atom. The second-order valence-corrected chi connectivity index (χ2v) is 11.7. The summed E-state index contributed by atoms with van der Waals surface area (Å²) in [6.07, 6.45) is -1.20. The number of nitrogens with zero attached hydrogens (tertiary/aromatic N) is 2. The molecule has 7 nitrogen and oxygen atoms in total. The predicted molar refractivity (Wildman–Crippen MR) is 117 cm³/mol. The van der Waals surface area contributed by atoms with Gasteiger partial charge in [0, 0.05) is 18.1 Å². The zero-order valence-corrected chi connectivity index (χ0v) is 18.9. The van der Waals surface area contributed by atoms with E-state index in [-0.39, 0.29) is 4.90 Å². The van der Waals surface area contributed by atoms with Crippen LogP contribution in [0.15, 0.2) is 66.1 Å². The highest BCUT2D eigenvalue weighted by atomic mass is 32.2. The van der Waals surface area contributed by atoms with Crippen LogP contribution in [0.25, 0.3) is 5.57 Å². The summed E-state index contributed by atoms with van der Waals surface area (Å²) < 4.78 is 41.8. The topological polar surface area (TPSA) is 90.0 Å². The van der Waals surface area contributed by atoms with Gasteiger partial charge in [0.25, 0.3) is 10.0 Å². The van der Waals surface area contributed by atoms with Crippen LogP contribution in [0.5, 0.6) is 0 Å². The molecule has 0 saturated heterocycles. The standard InChI is InChI=1S/C21H24N2O5S2/c1-15-18-13-9-10-14-19(18)22(30(26,27)17-11-7-6-8-12-17)20(15)23(28-16(2)24)29(25)21(3,4)5/h6-14,20H,1H2,2-5H3/t20-,29?/m0/s1. The molecule has 0 amide bonds. The Morgan fingerprint density at radius 3 is 2.27 bits per heavy atom. The van der Waals surface area contributed by atoms with Crippen molar-refractivity contribution in [2.45, 2.75) is 43.5 Å². The number of hydrogen-bond acceptors (Lipinski definition) is 6. The fourth-order valence-electron chi connectivity index (χ4n) is 3.10. The molecule has 3 rings (SSSR count). The molecule has 0 bridgehead atoms. The maximum Gasteiger partial charge on any atom is 0.327 e. The minimum Gasteiger partial charge on any atom is -0.595 e. The van der Waals surface area contributed by atoms with Crippen molar-refractivity contribution in [2.24, 2.45) is 0 Å². The third-order valence-electron chi connectivity index (χ3n) is 4.43. The lowest BCUT2D eigenvalue weighted by molar-refractivity contribution is -0.169. The molecule has 0 aliphatic carbocycles. The van der Waals surface area contributed by atoms with Gasteiger partial charge in [-0.2, -0.15) is 0 Å². The van der Waals surface area contributed by atoms with Crippen molar-refractivity contribution in [3.8, 4) is 0 Å². The molecule has 1 aliphatic rings. The lowest BCUT2D eigenvalue weighted by atomic mass is 10.1. The Hall–Kier alpha value is -2.33. The van der Waals surface area contributed by atoms with Crippen LogP contribution in [0.1, 0.15) is 33.3 Å². The first-order chi connectivity index (χ1) is 14.0. The van der Waals surface area contributed by atoms with Crippen molar-refractivity contribution >= 4 is 38.6 Å². The van der Waals surface area contributed by atoms with Gasteiger partial charge in [-0.3, -0.25) is 4.79 Å². The molecule has 0 N–H and O–H groups in total. The first kappa shape index (κ1) is 22.4. The normalized spacial score (nSPS) is 17.7. The van der Waals surface area contributed by atoms with E-state index in [2.05, 4.69) is 6.58 Å². The van der Waals surface area contributed by atoms with E-state index >= 15 is 0 Å². The molecule has 9 heteroatoms. The second kappa shape index (κ2) is 8.07. The van der Waals surface area contributed by atoms with E-state index < -0.39 is 38.3 Å². The highest BCUT2D eigenvalue weighted by Gasteiger charge is 2.52. The number of rotatable bonds is 5. The number of benzene rings is 2. The van der Waals surface area contributed by atoms with Crippen LogP contribution in [0.4, 0.5) is 5.69 Å². The molecule has 1 unspecified atom stereocenters. The molecule has 30 heavy (non-hydrogen) atoms. The molecule has 0 radical (unpaired) electrons. The number of carbonyl (C=O) groups excluding carboxylic acids is 1. The summed E-state index contributed by atoms with van der Waals surface area (Å²) in [7, 11) is -4.09. The molecular formula is C21H24N2O5S2. The number of hydroxylamine groups is 1. The smallest absolute Gasteiger partial charge is 0.327 e. The van der Waals surface area contributed by atoms with Gasteiger partial charge in [0.1, 0.15) is 4.75 Å². The lowest BCUT2D eigenvalue weighted by Crippen LogP contribution is -2.55. The van der Waals surface area contributed by atoms with E-state index in [1.807, 2.05) is 0 Å². The van der Waals surface area contributed by atoms with Crippen molar-refractivity contribution in [1.29, 1.82) is 0 Å². The van der Waals surface area contributed by atoms with Crippen LogP contribution in [0.2, 0.25) is 0 Å². The fourth-order valence-corrected chi connectivity index (χ4v) is 5.90. The third kappa shape index (κ3) is 3.98. The van der Waals surface area contributed by atoms with Gasteiger partial charge in [-0.1, -0.05) is 43.0 Å². The number of para-hydroxylation sites is 1. The molecule has 0 aromatic heterocycles. The van der Waals surface area contributed by atoms with Crippen LogP contribution >= 0.6 is 0 Å². The van der Waals surface area contributed by atoms with Gasteiger partial charge >= 0.3 is 5.97 Å². The summed E-state index contributed by atoms with van der Waals surface area (Å²) in [5.74, 6) is -0.714. The minimum absolute atomic E-state index is 0.0591. The summed E-state index contributed by atoms with van der Waals surface area (Å²) in [5.41, 5.74) is 1.31. The highest BCUT2D eigenvalue weighted by molar-refractivity contribution is 7.93. The van der Waals surface area contributed by atoms with Crippen molar-refractivity contribution in [2.75, 3.05) is 4.31 Å². The number of anilines is 1. The van der Waals surface area contributed by atoms with Gasteiger partial charge in [-0.25, -0.2) is 12.7 Å². The molecule has 2 atom stereocenters. The lowest BCUT2D eigenvalue weighted by Gasteiger charge is -2.37. The van der Waals surface area contributed by atoms with Gasteiger partial charge in [-0.15, -0.1) is 0 Å². The minimum atomic E-state index is -4.09. The fraction of sp³-hybridized carbons (Fsp3) is 0.286. The van der Waals surface area contributed by atoms with Gasteiger partial charge < -0.3 is 9.39 Å². The van der Waals surface area contributed by atoms with Gasteiger partial charge in [0.15, 0.2) is 0 Å². The van der Waals surface area contributed by atoms with Crippen molar-refractivity contribution in [3.63, 3.8) is 0 Å². The predicted octanol–water partition coefficient (Wildman–Crippen LogP) is 3.48. The Bertz CT molecular complexity index is 1060. The molecule has 1 heterocycles. The summed E-state index contributed by atoms with van der Waals surface area (Å²) in [6.45, 7) is 10.4. The average molecular weight is 449 g/mol. The van der Waals surface area contributed by atoms with Crippen molar-refractivity contribution in [1.82, 2.24) is 4.47 Å². The monoisotopic (exact) mass is 448 g/mol. The molecule has 0 spiro atoms. The Morgan fingerprint density at radius 2 is 1.70 bits per heavy atom. The maximum atomic E-state index is 13.6. The quantitative estimate of drug-likeness (QED) is 0.514. The largest absolute Gasteiger partial charge is 0.595 e. The van der Waals surface area contributed by atoms with Gasteiger partial charge in [-0.05, 0) is 39.0 Å². The molecule has 2 aromatic rings. The summed E-state index contributed by atoms with van der Waals surface area (Å²) in [5, 5.41) is 0. The molecule has 1 aliphatic heterocycles. The van der Waals surface area contributed by atoms with Crippen molar-refractivity contribution in [3.05, 3.63) is 66.7 Å². The molecule has 160 valence electrons. The number of sulfonamides is 1. The van der Waals surface area contributed by atoms with Gasteiger partial charge in [0.2, 0.25) is 6.17 Å². The Balaban J connectivity index is 2.22. The zero-order chi connectivity index (χ0) is 22.3. The van der Waals surface area contributed by atoms with Crippen LogP contribution in [-0.4, -0.2) is 34.3 Å². The number of fused-ring (bicyclic) bond motifs is 1. The van der Waals surface area contributed by atoms with Crippen LogP contribution in [0, 0.1) is 0 Å². The zero-order valence-electron chi connectivity index (χ0n) is 17.2. The summed E-state index contributed by atoms with van der Waals surface area (Å²) in [6, 6.07) is 14.8. The average Bonchev–Trinajstić information content (AvgIpc) is 2.99. The van der Waals surface area contributed by atoms with E-state index in [1.54, 1.807) is 63.2 Å². The number of carbonyl (C=O) groups is 1. The Kier molecular flexibility index (Phi) is 6.01. The maximum absolute atomic E-state index is 13.6. The Labute approximate surface area is 180 Å². The van der Waals surface area contributed by atoms with Crippen molar-refractivity contribution < 1.29 is 22.6 Å². The van der Waals surface area contributed by atoms with E-state index in [9.17, 15) is 17.8 Å². The summed E-state index contributed by atoms with van der Waals surface area (Å²) >= 11 is -1.88. The first-order valence-electron chi connectivity index (χ1n) is 9.23. The highest BCUT2D eigenvalue weighted by Crippen LogP contribution is 2.45. The van der Waals surface area contributed by atoms with Gasteiger partial charge in [0.05, 0.1) is 26.4 Å². The molecule has 0 fully saturated rings. The molecular weight excluding hydrogens is 424 g/mol. The molecule has 0 saturated carbocycles.